The normalized spacial score (nSPS) is 14.1. The topological polar surface area (TPSA) is 50.2 Å². The van der Waals surface area contributed by atoms with Crippen molar-refractivity contribution in [3.63, 3.8) is 0 Å². The van der Waals surface area contributed by atoms with Gasteiger partial charge in [-0.3, -0.25) is 9.47 Å². The molecule has 0 aliphatic carbocycles. The van der Waals surface area contributed by atoms with Crippen LogP contribution in [0.25, 0.3) is 17.0 Å². The largest absolute Gasteiger partial charge is 0.332 e. The Morgan fingerprint density at radius 3 is 2.69 bits per heavy atom. The van der Waals surface area contributed by atoms with Crippen LogP contribution in [-0.2, 0) is 19.5 Å². The lowest BCUT2D eigenvalue weighted by molar-refractivity contribution is 0.240. The summed E-state index contributed by atoms with van der Waals surface area (Å²) in [7, 11) is 0. The van der Waals surface area contributed by atoms with Crippen LogP contribution in [0.2, 0.25) is 14.5 Å². The minimum atomic E-state index is -0.202. The third kappa shape index (κ3) is 5.27. The van der Waals surface area contributed by atoms with Crippen molar-refractivity contribution in [1.29, 1.82) is 0 Å². The van der Waals surface area contributed by atoms with E-state index in [4.69, 9.17) is 34.8 Å². The summed E-state index contributed by atoms with van der Waals surface area (Å²) < 4.78 is 2.20. The van der Waals surface area contributed by atoms with Crippen LogP contribution in [0.5, 0.6) is 0 Å². The molecular weight excluding hydrogens is 523 g/mol. The second-order valence-electron chi connectivity index (χ2n) is 8.58. The number of nitrogens with one attached hydrogen (secondary N) is 1. The molecule has 3 heterocycles. The number of hydrogen-bond donors (Lipinski definition) is 1. The van der Waals surface area contributed by atoms with E-state index in [-0.39, 0.29) is 6.03 Å². The number of carbonyl (C=O) groups is 1. The fraction of sp³-hybridized carbons (Fsp3) is 0.231. The maximum absolute atomic E-state index is 13.3. The van der Waals surface area contributed by atoms with Crippen molar-refractivity contribution in [1.82, 2.24) is 19.8 Å². The van der Waals surface area contributed by atoms with E-state index in [1.54, 1.807) is 16.8 Å². The zero-order chi connectivity index (χ0) is 24.5. The van der Waals surface area contributed by atoms with Gasteiger partial charge in [0.1, 0.15) is 0 Å². The molecule has 4 aromatic rings. The maximum Gasteiger partial charge on any atom is 0.326 e. The predicted octanol–water partition coefficient (Wildman–Crippen LogP) is 7.20. The molecule has 0 bridgehead atoms. The third-order valence-corrected chi connectivity index (χ3v) is 8.00. The Balaban J connectivity index is 1.40. The second-order valence-corrected chi connectivity index (χ2v) is 11.1. The summed E-state index contributed by atoms with van der Waals surface area (Å²) in [6.45, 7) is 4.84. The Morgan fingerprint density at radius 2 is 1.94 bits per heavy atom. The van der Waals surface area contributed by atoms with Crippen LogP contribution >= 0.6 is 46.1 Å². The molecule has 35 heavy (non-hydrogen) atoms. The number of benzene rings is 2. The summed E-state index contributed by atoms with van der Waals surface area (Å²) >= 11 is 20.0. The van der Waals surface area contributed by atoms with Crippen molar-refractivity contribution >= 4 is 69.1 Å². The van der Waals surface area contributed by atoms with Gasteiger partial charge in [0.05, 0.1) is 22.1 Å². The van der Waals surface area contributed by atoms with Crippen molar-refractivity contribution < 1.29 is 4.79 Å². The molecule has 0 spiro atoms. The molecule has 1 aliphatic heterocycles. The van der Waals surface area contributed by atoms with Gasteiger partial charge in [0.2, 0.25) is 0 Å². The summed E-state index contributed by atoms with van der Waals surface area (Å²) in [5, 5.41) is 4.86. The molecular formula is C26H23Cl3N4OS. The number of thiazole rings is 1. The Labute approximate surface area is 222 Å². The molecule has 2 aromatic carbocycles. The van der Waals surface area contributed by atoms with E-state index in [1.165, 1.54) is 22.5 Å². The van der Waals surface area contributed by atoms with Crippen molar-refractivity contribution in [3.8, 4) is 0 Å². The van der Waals surface area contributed by atoms with Crippen molar-refractivity contribution in [3.05, 3.63) is 90.4 Å². The number of rotatable bonds is 5. The Kier molecular flexibility index (Phi) is 7.19. The van der Waals surface area contributed by atoms with Gasteiger partial charge < -0.3 is 5.32 Å². The monoisotopic (exact) mass is 544 g/mol. The first-order valence-electron chi connectivity index (χ1n) is 11.2. The summed E-state index contributed by atoms with van der Waals surface area (Å²) in [6, 6.07) is 11.9. The second kappa shape index (κ2) is 10.3. The molecule has 5 nitrogen and oxygen atoms in total. The van der Waals surface area contributed by atoms with Crippen molar-refractivity contribution in [2.45, 2.75) is 26.4 Å². The quantitative estimate of drug-likeness (QED) is 0.289. The van der Waals surface area contributed by atoms with Crippen LogP contribution in [0.1, 0.15) is 27.3 Å². The highest BCUT2D eigenvalue weighted by atomic mass is 35.5. The fourth-order valence-electron chi connectivity index (χ4n) is 4.42. The first kappa shape index (κ1) is 24.3. The van der Waals surface area contributed by atoms with E-state index in [2.05, 4.69) is 58.5 Å². The predicted molar refractivity (Wildman–Crippen MR) is 146 cm³/mol. The number of nitrogens with zero attached hydrogens (tertiary/aromatic N) is 3. The van der Waals surface area contributed by atoms with Gasteiger partial charge in [0, 0.05) is 48.2 Å². The van der Waals surface area contributed by atoms with Gasteiger partial charge in [0.25, 0.3) is 0 Å². The lowest BCUT2D eigenvalue weighted by Gasteiger charge is -2.27. The smallest absolute Gasteiger partial charge is 0.326 e. The lowest BCUT2D eigenvalue weighted by Crippen LogP contribution is -2.34. The minimum Gasteiger partial charge on any atom is -0.332 e. The number of carbonyl (C=O) groups excluding carboxylic acids is 1. The molecule has 0 atom stereocenters. The van der Waals surface area contributed by atoms with Gasteiger partial charge in [-0.05, 0) is 30.2 Å². The highest BCUT2D eigenvalue weighted by Gasteiger charge is 2.27. The molecule has 180 valence electrons. The average Bonchev–Trinajstić information content (AvgIpc) is 3.39. The Hall–Kier alpha value is -2.35. The first-order chi connectivity index (χ1) is 16.9. The number of fused-ring (bicyclic) bond motifs is 3. The van der Waals surface area contributed by atoms with Crippen LogP contribution in [0.15, 0.2) is 48.7 Å². The SMILES string of the molecule is Cc1ccc(/C=C/CN2CCc3c(c4cc(Cl)c(Cl)cc4n3C(=O)NCc3cnc(Cl)s3)C2)cc1. The summed E-state index contributed by atoms with van der Waals surface area (Å²) in [5.74, 6) is 0. The molecule has 0 radical (unpaired) electrons. The molecule has 9 heteroatoms. The molecule has 5 rings (SSSR count). The molecule has 0 fully saturated rings. The van der Waals surface area contributed by atoms with Gasteiger partial charge >= 0.3 is 6.03 Å². The Morgan fingerprint density at radius 1 is 1.17 bits per heavy atom. The highest BCUT2D eigenvalue weighted by Crippen LogP contribution is 2.36. The zero-order valence-electron chi connectivity index (χ0n) is 19.0. The van der Waals surface area contributed by atoms with E-state index >= 15 is 0 Å². The molecule has 0 saturated carbocycles. The minimum absolute atomic E-state index is 0.202. The summed E-state index contributed by atoms with van der Waals surface area (Å²) in [5.41, 5.74) is 5.31. The van der Waals surface area contributed by atoms with E-state index in [1.807, 2.05) is 6.07 Å². The molecule has 0 saturated heterocycles. The van der Waals surface area contributed by atoms with Crippen LogP contribution in [0.3, 0.4) is 0 Å². The van der Waals surface area contributed by atoms with Crippen LogP contribution in [-0.4, -0.2) is 33.6 Å². The summed E-state index contributed by atoms with van der Waals surface area (Å²) in [6.07, 6.45) is 6.76. The van der Waals surface area contributed by atoms with E-state index < -0.39 is 0 Å². The van der Waals surface area contributed by atoms with Gasteiger partial charge in [0.15, 0.2) is 4.47 Å². The summed E-state index contributed by atoms with van der Waals surface area (Å²) in [4.78, 5) is 20.6. The maximum atomic E-state index is 13.3. The first-order valence-corrected chi connectivity index (χ1v) is 13.2. The number of hydrogen-bond acceptors (Lipinski definition) is 4. The van der Waals surface area contributed by atoms with E-state index in [0.29, 0.717) is 21.1 Å². The number of aryl methyl sites for hydroxylation is 1. The van der Waals surface area contributed by atoms with E-state index in [0.717, 1.165) is 53.1 Å². The lowest BCUT2D eigenvalue weighted by atomic mass is 10.0. The molecule has 0 unspecified atom stereocenters. The van der Waals surface area contributed by atoms with Gasteiger partial charge in [-0.15, -0.1) is 11.3 Å². The Bertz CT molecular complexity index is 1420. The number of halogens is 3. The molecule has 1 aliphatic rings. The third-order valence-electron chi connectivity index (χ3n) is 6.16. The molecule has 1 amide bonds. The molecule has 2 aromatic heterocycles. The van der Waals surface area contributed by atoms with Crippen molar-refractivity contribution in [2.75, 3.05) is 13.1 Å². The zero-order valence-corrected chi connectivity index (χ0v) is 22.1. The van der Waals surface area contributed by atoms with Gasteiger partial charge in [-0.1, -0.05) is 76.8 Å². The van der Waals surface area contributed by atoms with Crippen molar-refractivity contribution in [2.24, 2.45) is 0 Å². The molecule has 1 N–H and O–H groups in total. The van der Waals surface area contributed by atoms with E-state index in [9.17, 15) is 4.79 Å². The van der Waals surface area contributed by atoms with Gasteiger partial charge in [-0.25, -0.2) is 9.78 Å². The van der Waals surface area contributed by atoms with Crippen LogP contribution in [0.4, 0.5) is 4.79 Å². The fourth-order valence-corrected chi connectivity index (χ4v) is 5.65. The highest BCUT2D eigenvalue weighted by molar-refractivity contribution is 7.15. The number of aromatic nitrogens is 2. The van der Waals surface area contributed by atoms with Crippen LogP contribution < -0.4 is 5.32 Å². The van der Waals surface area contributed by atoms with Gasteiger partial charge in [-0.2, -0.15) is 0 Å². The average molecular weight is 546 g/mol. The van der Waals surface area contributed by atoms with Crippen LogP contribution in [0, 0.1) is 6.92 Å². The standard InChI is InChI=1S/C26H23Cl3N4OS/c1-16-4-6-17(7-5-16)3-2-9-32-10-8-23-20(15-32)19-11-21(27)22(28)12-24(19)33(23)26(34)31-14-18-13-30-25(29)35-18/h2-7,11-13H,8-10,14-15H2,1H3,(H,31,34)/b3-2+. The number of amides is 1.